The Hall–Kier alpha value is -3.41. The molecule has 2 aromatic rings. The molecule has 0 bridgehead atoms. The standard InChI is InChI=1S/C26H29N3O3/c1-16-11-13-28(14-12-16)24-23(20-6-5-17(2)18(3)15-20)25(31)29(26(24)32)22-9-7-21(8-10-22)27-19(4)30/h5-10,15-16H,11-14H2,1-4H3,(H,27,30). The smallest absolute Gasteiger partial charge is 0.282 e. The van der Waals surface area contributed by atoms with Crippen LogP contribution in [0.4, 0.5) is 11.4 Å². The van der Waals surface area contributed by atoms with E-state index in [1.165, 1.54) is 11.8 Å². The van der Waals surface area contributed by atoms with Gasteiger partial charge < -0.3 is 10.2 Å². The van der Waals surface area contributed by atoms with Crippen LogP contribution in [0.1, 0.15) is 43.4 Å². The minimum Gasteiger partial charge on any atom is -0.366 e. The fraction of sp³-hybridized carbons (Fsp3) is 0.346. The van der Waals surface area contributed by atoms with Gasteiger partial charge in [0, 0.05) is 25.7 Å². The van der Waals surface area contributed by atoms with Crippen molar-refractivity contribution in [3.63, 3.8) is 0 Å². The Balaban J connectivity index is 1.75. The topological polar surface area (TPSA) is 69.7 Å². The van der Waals surface area contributed by atoms with Gasteiger partial charge in [0.1, 0.15) is 5.70 Å². The van der Waals surface area contributed by atoms with Crippen molar-refractivity contribution in [3.8, 4) is 0 Å². The molecule has 0 spiro atoms. The zero-order valence-corrected chi connectivity index (χ0v) is 19.1. The Labute approximate surface area is 188 Å². The predicted octanol–water partition coefficient (Wildman–Crippen LogP) is 4.28. The number of imide groups is 1. The average molecular weight is 432 g/mol. The molecular formula is C26H29N3O3. The summed E-state index contributed by atoms with van der Waals surface area (Å²) in [5, 5.41) is 2.71. The number of aryl methyl sites for hydroxylation is 2. The van der Waals surface area contributed by atoms with Crippen LogP contribution in [-0.2, 0) is 14.4 Å². The first-order chi connectivity index (χ1) is 15.3. The quantitative estimate of drug-likeness (QED) is 0.734. The number of nitrogens with zero attached hydrogens (tertiary/aromatic N) is 2. The van der Waals surface area contributed by atoms with Gasteiger partial charge in [0.15, 0.2) is 0 Å². The summed E-state index contributed by atoms with van der Waals surface area (Å²) in [7, 11) is 0. The zero-order chi connectivity index (χ0) is 23.0. The second-order valence-electron chi connectivity index (χ2n) is 8.87. The highest BCUT2D eigenvalue weighted by molar-refractivity contribution is 6.45. The van der Waals surface area contributed by atoms with E-state index in [9.17, 15) is 14.4 Å². The molecule has 1 N–H and O–H groups in total. The van der Waals surface area contributed by atoms with Crippen LogP contribution in [0.25, 0.3) is 5.57 Å². The second-order valence-corrected chi connectivity index (χ2v) is 8.87. The molecule has 6 heteroatoms. The molecule has 3 amide bonds. The lowest BCUT2D eigenvalue weighted by atomic mass is 9.96. The predicted molar refractivity (Wildman–Crippen MR) is 126 cm³/mol. The van der Waals surface area contributed by atoms with Crippen molar-refractivity contribution in [3.05, 3.63) is 64.9 Å². The van der Waals surface area contributed by atoms with Crippen molar-refractivity contribution in [2.24, 2.45) is 5.92 Å². The molecule has 0 unspecified atom stereocenters. The lowest BCUT2D eigenvalue weighted by Gasteiger charge is -2.32. The fourth-order valence-corrected chi connectivity index (χ4v) is 4.33. The second kappa shape index (κ2) is 8.61. The van der Waals surface area contributed by atoms with Crippen LogP contribution < -0.4 is 10.2 Å². The SMILES string of the molecule is CC(=O)Nc1ccc(N2C(=O)C(c3ccc(C)c(C)c3)=C(N3CCC(C)CC3)C2=O)cc1. The third-order valence-corrected chi connectivity index (χ3v) is 6.40. The molecule has 0 saturated carbocycles. The summed E-state index contributed by atoms with van der Waals surface area (Å²) >= 11 is 0. The number of piperidine rings is 1. The number of carbonyl (C=O) groups excluding carboxylic acids is 3. The van der Waals surface area contributed by atoms with Gasteiger partial charge in [0.25, 0.3) is 11.8 Å². The van der Waals surface area contributed by atoms with E-state index in [2.05, 4.69) is 17.1 Å². The maximum Gasteiger partial charge on any atom is 0.282 e. The monoisotopic (exact) mass is 431 g/mol. The molecule has 0 aromatic heterocycles. The summed E-state index contributed by atoms with van der Waals surface area (Å²) in [6.45, 7) is 9.23. The first-order valence-electron chi connectivity index (χ1n) is 11.1. The van der Waals surface area contributed by atoms with Gasteiger partial charge in [-0.2, -0.15) is 0 Å². The lowest BCUT2D eigenvalue weighted by Crippen LogP contribution is -2.38. The zero-order valence-electron chi connectivity index (χ0n) is 19.1. The van der Waals surface area contributed by atoms with Gasteiger partial charge in [-0.15, -0.1) is 0 Å². The highest BCUT2D eigenvalue weighted by atomic mass is 16.2. The van der Waals surface area contributed by atoms with Crippen LogP contribution in [0.5, 0.6) is 0 Å². The Morgan fingerprint density at radius 1 is 0.938 bits per heavy atom. The molecule has 4 rings (SSSR count). The molecule has 166 valence electrons. The van der Waals surface area contributed by atoms with Crippen LogP contribution in [0.3, 0.4) is 0 Å². The first kappa shape index (κ1) is 21.8. The summed E-state index contributed by atoms with van der Waals surface area (Å²) in [6, 6.07) is 12.7. The molecule has 2 aliphatic rings. The number of hydrogen-bond acceptors (Lipinski definition) is 4. The molecule has 2 aliphatic heterocycles. The van der Waals surface area contributed by atoms with Gasteiger partial charge in [-0.05, 0) is 73.6 Å². The van der Waals surface area contributed by atoms with Crippen LogP contribution in [0.2, 0.25) is 0 Å². The Kier molecular flexibility index (Phi) is 5.87. The van der Waals surface area contributed by atoms with Crippen molar-refractivity contribution in [1.29, 1.82) is 0 Å². The number of likely N-dealkylation sites (tertiary alicyclic amines) is 1. The minimum atomic E-state index is -0.306. The van der Waals surface area contributed by atoms with Crippen molar-refractivity contribution in [1.82, 2.24) is 4.90 Å². The lowest BCUT2D eigenvalue weighted by molar-refractivity contribution is -0.121. The molecular weight excluding hydrogens is 402 g/mol. The van der Waals surface area contributed by atoms with Crippen molar-refractivity contribution >= 4 is 34.7 Å². The van der Waals surface area contributed by atoms with E-state index in [1.54, 1.807) is 24.3 Å². The van der Waals surface area contributed by atoms with Gasteiger partial charge >= 0.3 is 0 Å². The molecule has 0 aliphatic carbocycles. The third kappa shape index (κ3) is 4.05. The van der Waals surface area contributed by atoms with Gasteiger partial charge in [0.05, 0.1) is 11.3 Å². The Morgan fingerprint density at radius 2 is 1.59 bits per heavy atom. The van der Waals surface area contributed by atoms with Crippen molar-refractivity contribution in [2.75, 3.05) is 23.3 Å². The fourth-order valence-electron chi connectivity index (χ4n) is 4.33. The van der Waals surface area contributed by atoms with Crippen LogP contribution in [0.15, 0.2) is 48.2 Å². The molecule has 1 saturated heterocycles. The average Bonchev–Trinajstić information content (AvgIpc) is 3.01. The summed E-state index contributed by atoms with van der Waals surface area (Å²) in [4.78, 5) is 41.9. The number of anilines is 2. The largest absolute Gasteiger partial charge is 0.366 e. The third-order valence-electron chi connectivity index (χ3n) is 6.40. The summed E-state index contributed by atoms with van der Waals surface area (Å²) < 4.78 is 0. The number of hydrogen-bond donors (Lipinski definition) is 1. The molecule has 2 heterocycles. The molecule has 0 atom stereocenters. The van der Waals surface area contributed by atoms with Crippen LogP contribution >= 0.6 is 0 Å². The van der Waals surface area contributed by atoms with Gasteiger partial charge in [-0.1, -0.05) is 25.1 Å². The Bertz CT molecular complexity index is 1110. The summed E-state index contributed by atoms with van der Waals surface area (Å²) in [5.41, 5.74) is 5.08. The number of amides is 3. The minimum absolute atomic E-state index is 0.175. The maximum atomic E-state index is 13.6. The maximum absolute atomic E-state index is 13.6. The number of nitrogens with one attached hydrogen (secondary N) is 1. The highest BCUT2D eigenvalue weighted by Gasteiger charge is 2.43. The molecule has 6 nitrogen and oxygen atoms in total. The number of rotatable bonds is 4. The van der Waals surface area contributed by atoms with Crippen LogP contribution in [0, 0.1) is 19.8 Å². The van der Waals surface area contributed by atoms with Gasteiger partial charge in [0.2, 0.25) is 5.91 Å². The van der Waals surface area contributed by atoms with E-state index < -0.39 is 0 Å². The van der Waals surface area contributed by atoms with E-state index in [0.29, 0.717) is 28.6 Å². The van der Waals surface area contributed by atoms with Crippen molar-refractivity contribution in [2.45, 2.75) is 40.5 Å². The number of benzene rings is 2. The highest BCUT2D eigenvalue weighted by Crippen LogP contribution is 2.37. The molecule has 32 heavy (non-hydrogen) atoms. The molecule has 0 radical (unpaired) electrons. The normalized spacial score (nSPS) is 17.4. The van der Waals surface area contributed by atoms with Gasteiger partial charge in [-0.3, -0.25) is 14.4 Å². The summed E-state index contributed by atoms with van der Waals surface area (Å²) in [5.74, 6) is -0.155. The van der Waals surface area contributed by atoms with E-state index in [1.807, 2.05) is 32.0 Å². The van der Waals surface area contributed by atoms with E-state index in [4.69, 9.17) is 0 Å². The van der Waals surface area contributed by atoms with Gasteiger partial charge in [-0.25, -0.2) is 4.90 Å². The van der Waals surface area contributed by atoms with E-state index >= 15 is 0 Å². The van der Waals surface area contributed by atoms with Crippen LogP contribution in [-0.4, -0.2) is 35.7 Å². The van der Waals surface area contributed by atoms with Crippen molar-refractivity contribution < 1.29 is 14.4 Å². The molecule has 2 aromatic carbocycles. The number of carbonyl (C=O) groups is 3. The van der Waals surface area contributed by atoms with E-state index in [0.717, 1.165) is 42.6 Å². The molecule has 1 fully saturated rings. The van der Waals surface area contributed by atoms with E-state index in [-0.39, 0.29) is 17.7 Å². The summed E-state index contributed by atoms with van der Waals surface area (Å²) in [6.07, 6.45) is 1.99. The first-order valence-corrected chi connectivity index (χ1v) is 11.1. The Morgan fingerprint density at radius 3 is 2.19 bits per heavy atom.